The molecule has 0 atom stereocenters. The highest BCUT2D eigenvalue weighted by Crippen LogP contribution is 2.23. The molecule has 1 saturated heterocycles. The fourth-order valence-electron chi connectivity index (χ4n) is 2.52. The Morgan fingerprint density at radius 2 is 1.65 bits per heavy atom. The number of nitrogens with zero attached hydrogens (tertiary/aromatic N) is 2. The quantitative estimate of drug-likeness (QED) is 0.514. The van der Waals surface area contributed by atoms with E-state index in [0.29, 0.717) is 11.3 Å². The molecule has 1 heterocycles. The van der Waals surface area contributed by atoms with Crippen LogP contribution in [0.3, 0.4) is 0 Å². The van der Waals surface area contributed by atoms with Gasteiger partial charge in [0, 0.05) is 19.8 Å². The summed E-state index contributed by atoms with van der Waals surface area (Å²) in [6.45, 7) is 0. The third-order valence-corrected chi connectivity index (χ3v) is 4.19. The van der Waals surface area contributed by atoms with Crippen LogP contribution < -0.4 is 15.1 Å². The summed E-state index contributed by atoms with van der Waals surface area (Å²) in [7, 11) is 3.85. The van der Waals surface area contributed by atoms with Crippen molar-refractivity contribution in [2.24, 2.45) is 0 Å². The van der Waals surface area contributed by atoms with Gasteiger partial charge in [-0.25, -0.2) is 4.39 Å². The molecule has 1 N–H and O–H groups in total. The molecule has 5 nitrogen and oxygen atoms in total. The molecule has 1 fully saturated rings. The van der Waals surface area contributed by atoms with Gasteiger partial charge in [0.2, 0.25) is 0 Å². The summed E-state index contributed by atoms with van der Waals surface area (Å²) in [5, 5.41) is 2.46. The summed E-state index contributed by atoms with van der Waals surface area (Å²) in [6, 6.07) is 12.7. The molecule has 1 aliphatic rings. The molecule has 0 spiro atoms. The van der Waals surface area contributed by atoms with Gasteiger partial charge in [0.05, 0.1) is 5.69 Å². The zero-order valence-electron chi connectivity index (χ0n) is 14.2. The summed E-state index contributed by atoms with van der Waals surface area (Å²) >= 11 is 5.11. The van der Waals surface area contributed by atoms with Crippen LogP contribution in [0, 0.1) is 5.82 Å². The van der Waals surface area contributed by atoms with Gasteiger partial charge in [-0.3, -0.25) is 19.8 Å². The zero-order valence-corrected chi connectivity index (χ0v) is 15.0. The third-order valence-electron chi connectivity index (χ3n) is 3.91. The number of carbonyl (C=O) groups is 2. The average molecular weight is 369 g/mol. The van der Waals surface area contributed by atoms with E-state index in [9.17, 15) is 14.0 Å². The lowest BCUT2D eigenvalue weighted by Gasteiger charge is -2.28. The number of hydrogen-bond donors (Lipinski definition) is 1. The van der Waals surface area contributed by atoms with Gasteiger partial charge in [0.25, 0.3) is 11.8 Å². The van der Waals surface area contributed by atoms with E-state index in [1.807, 2.05) is 43.3 Å². The molecule has 0 radical (unpaired) electrons. The molecule has 2 amide bonds. The first-order valence-corrected chi connectivity index (χ1v) is 8.22. The SMILES string of the molecule is CN(C)c1ccc(/C=C2\C(=O)NC(=S)N(c3ccc(F)cc3)C2=O)cc1. The van der Waals surface area contributed by atoms with Crippen molar-refractivity contribution in [3.63, 3.8) is 0 Å². The molecular weight excluding hydrogens is 353 g/mol. The van der Waals surface area contributed by atoms with E-state index in [1.54, 1.807) is 0 Å². The minimum atomic E-state index is -0.560. The van der Waals surface area contributed by atoms with Gasteiger partial charge in [0.1, 0.15) is 11.4 Å². The van der Waals surface area contributed by atoms with Crippen LogP contribution in [0.15, 0.2) is 54.1 Å². The second-order valence-electron chi connectivity index (χ2n) is 5.92. The smallest absolute Gasteiger partial charge is 0.270 e. The second kappa shape index (κ2) is 7.05. The molecule has 0 aliphatic carbocycles. The van der Waals surface area contributed by atoms with Gasteiger partial charge < -0.3 is 4.90 Å². The van der Waals surface area contributed by atoms with Crippen molar-refractivity contribution >= 4 is 46.6 Å². The number of thiocarbonyl (C=S) groups is 1. The van der Waals surface area contributed by atoms with Crippen LogP contribution >= 0.6 is 12.2 Å². The summed E-state index contributed by atoms with van der Waals surface area (Å²) in [5.41, 5.74) is 2.05. The summed E-state index contributed by atoms with van der Waals surface area (Å²) < 4.78 is 13.1. The minimum Gasteiger partial charge on any atom is -0.378 e. The summed E-state index contributed by atoms with van der Waals surface area (Å²) in [5.74, 6) is -1.54. The number of nitrogens with one attached hydrogen (secondary N) is 1. The first kappa shape index (κ1) is 17.8. The van der Waals surface area contributed by atoms with Gasteiger partial charge >= 0.3 is 0 Å². The second-order valence-corrected chi connectivity index (χ2v) is 6.31. The Hall–Kier alpha value is -3.06. The fourth-order valence-corrected chi connectivity index (χ4v) is 2.80. The van der Waals surface area contributed by atoms with Crippen LogP contribution in [0.4, 0.5) is 15.8 Å². The summed E-state index contributed by atoms with van der Waals surface area (Å²) in [6.07, 6.45) is 1.51. The number of anilines is 2. The molecule has 0 unspecified atom stereocenters. The zero-order chi connectivity index (χ0) is 18.8. The molecule has 2 aromatic carbocycles. The monoisotopic (exact) mass is 369 g/mol. The molecule has 26 heavy (non-hydrogen) atoms. The van der Waals surface area contributed by atoms with Crippen LogP contribution in [0.1, 0.15) is 5.56 Å². The first-order valence-electron chi connectivity index (χ1n) is 7.81. The van der Waals surface area contributed by atoms with Crippen molar-refractivity contribution in [2.45, 2.75) is 0 Å². The van der Waals surface area contributed by atoms with Crippen molar-refractivity contribution in [2.75, 3.05) is 23.9 Å². The predicted molar refractivity (Wildman–Crippen MR) is 103 cm³/mol. The van der Waals surface area contributed by atoms with Crippen LogP contribution in [0.5, 0.6) is 0 Å². The lowest BCUT2D eigenvalue weighted by Crippen LogP contribution is -2.54. The van der Waals surface area contributed by atoms with Gasteiger partial charge in [0.15, 0.2) is 5.11 Å². The lowest BCUT2D eigenvalue weighted by molar-refractivity contribution is -0.122. The Morgan fingerprint density at radius 3 is 2.23 bits per heavy atom. The highest BCUT2D eigenvalue weighted by atomic mass is 32.1. The highest BCUT2D eigenvalue weighted by molar-refractivity contribution is 7.80. The minimum absolute atomic E-state index is 0.0355. The van der Waals surface area contributed by atoms with Crippen LogP contribution in [-0.2, 0) is 9.59 Å². The molecule has 2 aromatic rings. The number of halogens is 1. The molecule has 0 bridgehead atoms. The standard InChI is InChI=1S/C19H16FN3O2S/c1-22(2)14-7-3-12(4-8-14)11-16-17(24)21-19(26)23(18(16)25)15-9-5-13(20)6-10-15/h3-11H,1-2H3,(H,21,24,26)/b16-11+. The molecule has 132 valence electrons. The Morgan fingerprint density at radius 1 is 1.04 bits per heavy atom. The fraction of sp³-hybridized carbons (Fsp3) is 0.105. The van der Waals surface area contributed by atoms with Crippen molar-refractivity contribution < 1.29 is 14.0 Å². The Bertz CT molecular complexity index is 905. The molecule has 1 aliphatic heterocycles. The van der Waals surface area contributed by atoms with Crippen molar-refractivity contribution in [3.8, 4) is 0 Å². The number of carbonyl (C=O) groups excluding carboxylic acids is 2. The maximum atomic E-state index is 13.1. The van der Waals surface area contributed by atoms with E-state index in [2.05, 4.69) is 5.32 Å². The van der Waals surface area contributed by atoms with Crippen LogP contribution in [0.25, 0.3) is 6.08 Å². The number of rotatable bonds is 3. The first-order chi connectivity index (χ1) is 12.4. The maximum Gasteiger partial charge on any atom is 0.270 e. The Kier molecular flexibility index (Phi) is 4.81. The Labute approximate surface area is 155 Å². The average Bonchev–Trinajstić information content (AvgIpc) is 2.60. The van der Waals surface area contributed by atoms with Gasteiger partial charge in [-0.2, -0.15) is 0 Å². The summed E-state index contributed by atoms with van der Waals surface area (Å²) in [4.78, 5) is 28.2. The molecule has 0 saturated carbocycles. The Balaban J connectivity index is 1.95. The van der Waals surface area contributed by atoms with E-state index >= 15 is 0 Å². The third kappa shape index (κ3) is 3.48. The predicted octanol–water partition coefficient (Wildman–Crippen LogP) is 2.72. The normalized spacial score (nSPS) is 16.0. The molecule has 7 heteroatoms. The van der Waals surface area contributed by atoms with E-state index in [1.165, 1.54) is 35.2 Å². The number of benzene rings is 2. The van der Waals surface area contributed by atoms with E-state index in [4.69, 9.17) is 12.2 Å². The van der Waals surface area contributed by atoms with Crippen molar-refractivity contribution in [1.29, 1.82) is 0 Å². The van der Waals surface area contributed by atoms with E-state index in [0.717, 1.165) is 5.69 Å². The number of hydrogen-bond acceptors (Lipinski definition) is 4. The van der Waals surface area contributed by atoms with E-state index in [-0.39, 0.29) is 10.7 Å². The van der Waals surface area contributed by atoms with Crippen LogP contribution in [-0.4, -0.2) is 31.0 Å². The van der Waals surface area contributed by atoms with Crippen molar-refractivity contribution in [3.05, 3.63) is 65.5 Å². The molecule has 0 aromatic heterocycles. The van der Waals surface area contributed by atoms with Gasteiger partial charge in [-0.15, -0.1) is 0 Å². The van der Waals surface area contributed by atoms with E-state index < -0.39 is 17.6 Å². The topological polar surface area (TPSA) is 52.7 Å². The van der Waals surface area contributed by atoms with Gasteiger partial charge in [-0.05, 0) is 60.3 Å². The molecule has 3 rings (SSSR count). The largest absolute Gasteiger partial charge is 0.378 e. The van der Waals surface area contributed by atoms with Gasteiger partial charge in [-0.1, -0.05) is 12.1 Å². The molecular formula is C19H16FN3O2S. The maximum absolute atomic E-state index is 13.1. The number of amides is 2. The van der Waals surface area contributed by atoms with Crippen molar-refractivity contribution in [1.82, 2.24) is 5.32 Å². The lowest BCUT2D eigenvalue weighted by atomic mass is 10.1. The van der Waals surface area contributed by atoms with Crippen LogP contribution in [0.2, 0.25) is 0 Å². The highest BCUT2D eigenvalue weighted by Gasteiger charge is 2.34.